The summed E-state index contributed by atoms with van der Waals surface area (Å²) in [5.74, 6) is -0.422. The molecule has 0 spiro atoms. The van der Waals surface area contributed by atoms with Gasteiger partial charge in [-0.3, -0.25) is 4.90 Å². The maximum atomic E-state index is 12.9. The molecular formula is C14H20FN3O2S. The molecule has 2 aliphatic rings. The molecule has 116 valence electrons. The zero-order chi connectivity index (χ0) is 14.9. The number of rotatable bonds is 3. The lowest BCUT2D eigenvalue weighted by Crippen LogP contribution is -2.49. The minimum Gasteiger partial charge on any atom is -0.314 e. The van der Waals surface area contributed by atoms with Gasteiger partial charge in [0, 0.05) is 45.3 Å². The maximum Gasteiger partial charge on any atom is 0.243 e. The van der Waals surface area contributed by atoms with E-state index in [1.165, 1.54) is 28.6 Å². The topological polar surface area (TPSA) is 52.7 Å². The normalized spacial score (nSPS) is 25.3. The lowest BCUT2D eigenvalue weighted by atomic mass is 10.2. The van der Waals surface area contributed by atoms with E-state index < -0.39 is 15.8 Å². The van der Waals surface area contributed by atoms with Crippen LogP contribution >= 0.6 is 0 Å². The Labute approximate surface area is 124 Å². The SMILES string of the molecule is O=S(=O)(c1ccc(F)cc1)N1CCC(N2CCNCC2)C1. The first-order chi connectivity index (χ1) is 10.1. The van der Waals surface area contributed by atoms with Crippen LogP contribution in [0.3, 0.4) is 0 Å². The quantitative estimate of drug-likeness (QED) is 0.883. The van der Waals surface area contributed by atoms with E-state index in [1.54, 1.807) is 0 Å². The van der Waals surface area contributed by atoms with Crippen LogP contribution < -0.4 is 5.32 Å². The zero-order valence-electron chi connectivity index (χ0n) is 11.8. The van der Waals surface area contributed by atoms with Crippen molar-refractivity contribution in [3.63, 3.8) is 0 Å². The van der Waals surface area contributed by atoms with Crippen LogP contribution in [0.2, 0.25) is 0 Å². The largest absolute Gasteiger partial charge is 0.314 e. The molecule has 2 heterocycles. The van der Waals surface area contributed by atoms with E-state index in [0.29, 0.717) is 19.1 Å². The van der Waals surface area contributed by atoms with Gasteiger partial charge in [-0.25, -0.2) is 12.8 Å². The molecule has 0 bridgehead atoms. The first-order valence-corrected chi connectivity index (χ1v) is 8.72. The standard InChI is InChI=1S/C14H20FN3O2S/c15-12-1-3-14(4-2-12)21(19,20)18-8-5-13(11-18)17-9-6-16-7-10-17/h1-4,13,16H,5-11H2. The van der Waals surface area contributed by atoms with E-state index in [0.717, 1.165) is 32.6 Å². The van der Waals surface area contributed by atoms with Crippen molar-refractivity contribution in [3.05, 3.63) is 30.1 Å². The number of piperazine rings is 1. The van der Waals surface area contributed by atoms with Crippen LogP contribution in [0.4, 0.5) is 4.39 Å². The van der Waals surface area contributed by atoms with Crippen molar-refractivity contribution in [2.75, 3.05) is 39.3 Å². The highest BCUT2D eigenvalue weighted by atomic mass is 32.2. The van der Waals surface area contributed by atoms with Gasteiger partial charge in [-0.15, -0.1) is 0 Å². The van der Waals surface area contributed by atoms with Gasteiger partial charge in [-0.1, -0.05) is 0 Å². The monoisotopic (exact) mass is 313 g/mol. The molecule has 1 N–H and O–H groups in total. The molecule has 1 aromatic carbocycles. The molecule has 1 unspecified atom stereocenters. The molecule has 2 fully saturated rings. The van der Waals surface area contributed by atoms with Gasteiger partial charge in [0.05, 0.1) is 4.90 Å². The van der Waals surface area contributed by atoms with Crippen molar-refractivity contribution in [2.45, 2.75) is 17.4 Å². The van der Waals surface area contributed by atoms with Crippen LogP contribution in [0, 0.1) is 5.82 Å². The van der Waals surface area contributed by atoms with Crippen molar-refractivity contribution >= 4 is 10.0 Å². The fourth-order valence-electron chi connectivity index (χ4n) is 3.03. The Bertz CT molecular complexity index is 585. The summed E-state index contributed by atoms with van der Waals surface area (Å²) in [5, 5.41) is 3.30. The molecule has 1 atom stereocenters. The number of sulfonamides is 1. The van der Waals surface area contributed by atoms with Gasteiger partial charge >= 0.3 is 0 Å². The Hall–Kier alpha value is -1.02. The van der Waals surface area contributed by atoms with Crippen LogP contribution in [0.15, 0.2) is 29.2 Å². The molecule has 0 aliphatic carbocycles. The number of nitrogens with zero attached hydrogens (tertiary/aromatic N) is 2. The molecule has 3 rings (SSSR count). The third-order valence-electron chi connectivity index (χ3n) is 4.25. The number of hydrogen-bond acceptors (Lipinski definition) is 4. The second kappa shape index (κ2) is 6.00. The molecule has 2 saturated heterocycles. The predicted octanol–water partition coefficient (Wildman–Crippen LogP) is 0.494. The highest BCUT2D eigenvalue weighted by Gasteiger charge is 2.35. The molecule has 2 aliphatic heterocycles. The summed E-state index contributed by atoms with van der Waals surface area (Å²) < 4.78 is 39.6. The minimum absolute atomic E-state index is 0.171. The summed E-state index contributed by atoms with van der Waals surface area (Å²) in [6, 6.07) is 5.35. The van der Waals surface area contributed by atoms with Gasteiger partial charge in [0.2, 0.25) is 10.0 Å². The van der Waals surface area contributed by atoms with E-state index in [9.17, 15) is 12.8 Å². The highest BCUT2D eigenvalue weighted by Crippen LogP contribution is 2.24. The third-order valence-corrected chi connectivity index (χ3v) is 6.12. The molecule has 0 saturated carbocycles. The molecule has 0 aromatic heterocycles. The summed E-state index contributed by atoms with van der Waals surface area (Å²) in [4.78, 5) is 2.53. The second-order valence-corrected chi connectivity index (χ2v) is 7.48. The first-order valence-electron chi connectivity index (χ1n) is 7.28. The molecule has 21 heavy (non-hydrogen) atoms. The predicted molar refractivity (Wildman–Crippen MR) is 78.0 cm³/mol. The van der Waals surface area contributed by atoms with Gasteiger partial charge in [0.15, 0.2) is 0 Å². The van der Waals surface area contributed by atoms with E-state index in [-0.39, 0.29) is 4.90 Å². The Morgan fingerprint density at radius 2 is 1.76 bits per heavy atom. The van der Waals surface area contributed by atoms with Crippen LogP contribution in [0.25, 0.3) is 0 Å². The van der Waals surface area contributed by atoms with Gasteiger partial charge in [-0.05, 0) is 30.7 Å². The first kappa shape index (κ1) is 14.9. The maximum absolute atomic E-state index is 12.9. The van der Waals surface area contributed by atoms with Gasteiger partial charge in [0.25, 0.3) is 0 Å². The van der Waals surface area contributed by atoms with Crippen LogP contribution in [0.1, 0.15) is 6.42 Å². The lowest BCUT2D eigenvalue weighted by Gasteiger charge is -2.32. The van der Waals surface area contributed by atoms with E-state index in [4.69, 9.17) is 0 Å². The fourth-order valence-corrected chi connectivity index (χ4v) is 4.52. The third kappa shape index (κ3) is 3.11. The van der Waals surface area contributed by atoms with Crippen molar-refractivity contribution in [1.82, 2.24) is 14.5 Å². The Morgan fingerprint density at radius 1 is 1.10 bits per heavy atom. The lowest BCUT2D eigenvalue weighted by molar-refractivity contribution is 0.179. The van der Waals surface area contributed by atoms with Crippen LogP contribution in [-0.4, -0.2) is 62.9 Å². The number of benzene rings is 1. The number of hydrogen-bond donors (Lipinski definition) is 1. The summed E-state index contributed by atoms with van der Waals surface area (Å²) in [5.41, 5.74) is 0. The molecule has 0 amide bonds. The Morgan fingerprint density at radius 3 is 2.43 bits per heavy atom. The van der Waals surface area contributed by atoms with Crippen LogP contribution in [0.5, 0.6) is 0 Å². The Balaban J connectivity index is 1.71. The van der Waals surface area contributed by atoms with Crippen molar-refractivity contribution in [2.24, 2.45) is 0 Å². The van der Waals surface area contributed by atoms with Gasteiger partial charge in [-0.2, -0.15) is 4.31 Å². The summed E-state index contributed by atoms with van der Waals surface area (Å²) >= 11 is 0. The van der Waals surface area contributed by atoms with Crippen molar-refractivity contribution in [3.8, 4) is 0 Å². The second-order valence-electron chi connectivity index (χ2n) is 5.55. The average Bonchev–Trinajstić information content (AvgIpc) is 2.99. The Kier molecular flexibility index (Phi) is 4.26. The van der Waals surface area contributed by atoms with Crippen molar-refractivity contribution in [1.29, 1.82) is 0 Å². The van der Waals surface area contributed by atoms with E-state index >= 15 is 0 Å². The summed E-state index contributed by atoms with van der Waals surface area (Å²) in [6.45, 7) is 4.92. The molecule has 1 aromatic rings. The van der Waals surface area contributed by atoms with Crippen LogP contribution in [-0.2, 0) is 10.0 Å². The number of halogens is 1. The molecule has 7 heteroatoms. The van der Waals surface area contributed by atoms with E-state index in [2.05, 4.69) is 10.2 Å². The summed E-state index contributed by atoms with van der Waals surface area (Å²) in [6.07, 6.45) is 0.862. The zero-order valence-corrected chi connectivity index (χ0v) is 12.7. The highest BCUT2D eigenvalue weighted by molar-refractivity contribution is 7.89. The summed E-state index contributed by atoms with van der Waals surface area (Å²) in [7, 11) is -3.50. The van der Waals surface area contributed by atoms with Crippen molar-refractivity contribution < 1.29 is 12.8 Å². The number of nitrogens with one attached hydrogen (secondary N) is 1. The minimum atomic E-state index is -3.50. The average molecular weight is 313 g/mol. The molecular weight excluding hydrogens is 293 g/mol. The van der Waals surface area contributed by atoms with E-state index in [1.807, 2.05) is 0 Å². The van der Waals surface area contributed by atoms with Gasteiger partial charge < -0.3 is 5.32 Å². The molecule has 0 radical (unpaired) electrons. The smallest absolute Gasteiger partial charge is 0.243 e. The molecule has 5 nitrogen and oxygen atoms in total. The fraction of sp³-hybridized carbons (Fsp3) is 0.571. The van der Waals surface area contributed by atoms with Gasteiger partial charge in [0.1, 0.15) is 5.82 Å².